The summed E-state index contributed by atoms with van der Waals surface area (Å²) in [6, 6.07) is 0. The molecule has 0 spiro atoms. The minimum absolute atomic E-state index is 0.196. The molecule has 0 aromatic heterocycles. The SMILES string of the molecule is C=CCNCCCCOCC(COCCCCNC(=O)C=C)(COCCCCNC(=O)C=C)NC(=O)C=C. The van der Waals surface area contributed by atoms with Crippen LogP contribution in [0, 0.1) is 0 Å². The molecule has 0 unspecified atom stereocenters. The van der Waals surface area contributed by atoms with Crippen molar-refractivity contribution in [3.63, 3.8) is 0 Å². The van der Waals surface area contributed by atoms with E-state index < -0.39 is 5.54 Å². The van der Waals surface area contributed by atoms with Gasteiger partial charge < -0.3 is 35.5 Å². The first-order chi connectivity index (χ1) is 18.4. The van der Waals surface area contributed by atoms with E-state index >= 15 is 0 Å². The minimum atomic E-state index is -0.888. The maximum atomic E-state index is 12.3. The van der Waals surface area contributed by atoms with Gasteiger partial charge in [-0.05, 0) is 63.3 Å². The zero-order valence-electron chi connectivity index (χ0n) is 22.9. The van der Waals surface area contributed by atoms with Crippen molar-refractivity contribution in [3.05, 3.63) is 50.6 Å². The second-order valence-corrected chi connectivity index (χ2v) is 8.74. The van der Waals surface area contributed by atoms with E-state index in [0.29, 0.717) is 32.9 Å². The van der Waals surface area contributed by atoms with Crippen LogP contribution in [0.3, 0.4) is 0 Å². The van der Waals surface area contributed by atoms with E-state index in [1.165, 1.54) is 18.2 Å². The molecule has 3 amide bonds. The molecular formula is C28H48N4O6. The molecule has 10 heteroatoms. The van der Waals surface area contributed by atoms with Crippen LogP contribution in [0.1, 0.15) is 38.5 Å². The molecule has 0 rings (SSSR count). The third-order valence-electron chi connectivity index (χ3n) is 5.29. The highest BCUT2D eigenvalue weighted by Gasteiger charge is 2.33. The van der Waals surface area contributed by atoms with E-state index in [4.69, 9.17) is 14.2 Å². The van der Waals surface area contributed by atoms with E-state index in [-0.39, 0.29) is 37.5 Å². The molecular weight excluding hydrogens is 488 g/mol. The maximum Gasteiger partial charge on any atom is 0.244 e. The van der Waals surface area contributed by atoms with Crippen LogP contribution < -0.4 is 21.3 Å². The zero-order valence-corrected chi connectivity index (χ0v) is 22.9. The number of hydrogen-bond acceptors (Lipinski definition) is 7. The number of ether oxygens (including phenoxy) is 3. The lowest BCUT2D eigenvalue weighted by Crippen LogP contribution is -2.58. The lowest BCUT2D eigenvalue weighted by Gasteiger charge is -2.34. The summed E-state index contributed by atoms with van der Waals surface area (Å²) in [7, 11) is 0. The molecule has 0 aromatic carbocycles. The Kier molecular flexibility index (Phi) is 22.7. The largest absolute Gasteiger partial charge is 0.379 e. The van der Waals surface area contributed by atoms with E-state index in [1.807, 2.05) is 6.08 Å². The van der Waals surface area contributed by atoms with Crippen molar-refractivity contribution < 1.29 is 28.6 Å². The fourth-order valence-corrected chi connectivity index (χ4v) is 3.23. The highest BCUT2D eigenvalue weighted by atomic mass is 16.5. The van der Waals surface area contributed by atoms with Crippen LogP contribution in [0.4, 0.5) is 0 Å². The summed E-state index contributed by atoms with van der Waals surface area (Å²) in [5, 5.41) is 11.7. The predicted octanol–water partition coefficient (Wildman–Crippen LogP) is 1.80. The molecule has 0 atom stereocenters. The lowest BCUT2D eigenvalue weighted by molar-refractivity contribution is -0.123. The Labute approximate surface area is 228 Å². The number of unbranched alkanes of at least 4 members (excludes halogenated alkanes) is 3. The van der Waals surface area contributed by atoms with Gasteiger partial charge in [0.05, 0.1) is 19.8 Å². The molecule has 216 valence electrons. The normalized spacial score (nSPS) is 10.8. The van der Waals surface area contributed by atoms with Gasteiger partial charge in [-0.2, -0.15) is 0 Å². The molecule has 0 radical (unpaired) electrons. The number of rotatable bonds is 27. The van der Waals surface area contributed by atoms with Crippen molar-refractivity contribution in [2.45, 2.75) is 44.1 Å². The quantitative estimate of drug-likeness (QED) is 0.0716. The Balaban J connectivity index is 4.82. The number of amides is 3. The number of carbonyl (C=O) groups is 3. The summed E-state index contributed by atoms with van der Waals surface area (Å²) in [5.74, 6) is -0.745. The number of nitrogens with one attached hydrogen (secondary N) is 4. The Hall–Kier alpha value is -2.79. The van der Waals surface area contributed by atoms with Crippen LogP contribution in [-0.4, -0.2) is 89.1 Å². The summed E-state index contributed by atoms with van der Waals surface area (Å²) in [6.45, 7) is 18.9. The monoisotopic (exact) mass is 536 g/mol. The molecule has 0 saturated carbocycles. The average molecular weight is 537 g/mol. The second kappa shape index (κ2) is 24.5. The molecule has 10 nitrogen and oxygen atoms in total. The first-order valence-corrected chi connectivity index (χ1v) is 13.2. The van der Waals surface area contributed by atoms with E-state index in [9.17, 15) is 14.4 Å². The highest BCUT2D eigenvalue weighted by Crippen LogP contribution is 2.11. The molecule has 0 fully saturated rings. The fourth-order valence-electron chi connectivity index (χ4n) is 3.23. The van der Waals surface area contributed by atoms with Crippen LogP contribution in [0.2, 0.25) is 0 Å². The van der Waals surface area contributed by atoms with Gasteiger partial charge in [-0.1, -0.05) is 25.8 Å². The first-order valence-electron chi connectivity index (χ1n) is 13.2. The third kappa shape index (κ3) is 20.3. The molecule has 0 aliphatic carbocycles. The zero-order chi connectivity index (χ0) is 28.3. The molecule has 0 aliphatic rings. The molecule has 0 saturated heterocycles. The molecule has 0 bridgehead atoms. The van der Waals surface area contributed by atoms with Crippen molar-refractivity contribution in [3.8, 4) is 0 Å². The molecule has 0 heterocycles. The van der Waals surface area contributed by atoms with Crippen LogP contribution in [-0.2, 0) is 28.6 Å². The molecule has 38 heavy (non-hydrogen) atoms. The highest BCUT2D eigenvalue weighted by molar-refractivity contribution is 5.87. The fraction of sp³-hybridized carbons (Fsp3) is 0.607. The Morgan fingerprint density at radius 3 is 1.42 bits per heavy atom. The Morgan fingerprint density at radius 1 is 0.605 bits per heavy atom. The average Bonchev–Trinajstić information content (AvgIpc) is 2.92. The van der Waals surface area contributed by atoms with Crippen molar-refractivity contribution in [1.82, 2.24) is 21.3 Å². The van der Waals surface area contributed by atoms with Crippen LogP contribution in [0.15, 0.2) is 50.6 Å². The van der Waals surface area contributed by atoms with Gasteiger partial charge in [0, 0.05) is 39.5 Å². The second-order valence-electron chi connectivity index (χ2n) is 8.74. The summed E-state index contributed by atoms with van der Waals surface area (Å²) < 4.78 is 17.8. The summed E-state index contributed by atoms with van der Waals surface area (Å²) >= 11 is 0. The van der Waals surface area contributed by atoms with Crippen molar-refractivity contribution in [2.75, 3.05) is 65.8 Å². The van der Waals surface area contributed by atoms with Crippen LogP contribution in [0.25, 0.3) is 0 Å². The standard InChI is InChI=1S/C28H48N4O6/c1-5-15-29-16-9-12-19-36-22-28(32-27(35)8-4,23-37-20-13-10-17-30-25(33)6-2)24-38-21-14-11-18-31-26(34)7-3/h5-8,29H,1-4,9-24H2,(H,30,33)(H,31,34)(H,32,35). The minimum Gasteiger partial charge on any atom is -0.379 e. The van der Waals surface area contributed by atoms with Gasteiger partial charge >= 0.3 is 0 Å². The van der Waals surface area contributed by atoms with Gasteiger partial charge in [0.1, 0.15) is 5.54 Å². The summed E-state index contributed by atoms with van der Waals surface area (Å²) in [4.78, 5) is 34.8. The number of carbonyl (C=O) groups excluding carboxylic acids is 3. The van der Waals surface area contributed by atoms with Gasteiger partial charge in [-0.15, -0.1) is 6.58 Å². The van der Waals surface area contributed by atoms with Crippen LogP contribution in [0.5, 0.6) is 0 Å². The topological polar surface area (TPSA) is 127 Å². The maximum absolute atomic E-state index is 12.3. The Bertz CT molecular complexity index is 679. The molecule has 4 N–H and O–H groups in total. The van der Waals surface area contributed by atoms with E-state index in [0.717, 1.165) is 51.6 Å². The summed E-state index contributed by atoms with van der Waals surface area (Å²) in [5.41, 5.74) is -0.888. The van der Waals surface area contributed by atoms with Crippen molar-refractivity contribution >= 4 is 17.7 Å². The smallest absolute Gasteiger partial charge is 0.244 e. The molecule has 0 aromatic rings. The predicted molar refractivity (Wildman–Crippen MR) is 151 cm³/mol. The van der Waals surface area contributed by atoms with Crippen molar-refractivity contribution in [2.24, 2.45) is 0 Å². The summed E-state index contributed by atoms with van der Waals surface area (Å²) in [6.07, 6.45) is 10.3. The third-order valence-corrected chi connectivity index (χ3v) is 5.29. The Morgan fingerprint density at radius 2 is 1.03 bits per heavy atom. The van der Waals surface area contributed by atoms with Gasteiger partial charge in [0.25, 0.3) is 0 Å². The van der Waals surface area contributed by atoms with Gasteiger partial charge in [0.2, 0.25) is 17.7 Å². The first kappa shape index (κ1) is 35.2. The van der Waals surface area contributed by atoms with Crippen LogP contribution >= 0.6 is 0 Å². The van der Waals surface area contributed by atoms with Gasteiger partial charge in [-0.3, -0.25) is 14.4 Å². The van der Waals surface area contributed by atoms with Crippen molar-refractivity contribution in [1.29, 1.82) is 0 Å². The lowest BCUT2D eigenvalue weighted by atomic mass is 10.0. The van der Waals surface area contributed by atoms with Gasteiger partial charge in [-0.25, -0.2) is 0 Å². The number of hydrogen-bond donors (Lipinski definition) is 4. The van der Waals surface area contributed by atoms with E-state index in [1.54, 1.807) is 0 Å². The molecule has 0 aliphatic heterocycles. The van der Waals surface area contributed by atoms with Gasteiger partial charge in [0.15, 0.2) is 0 Å². The van der Waals surface area contributed by atoms with E-state index in [2.05, 4.69) is 47.6 Å².